The van der Waals surface area contributed by atoms with Crippen LogP contribution in [0, 0.1) is 10.1 Å². The molecule has 106 valence electrons. The van der Waals surface area contributed by atoms with Gasteiger partial charge in [-0.25, -0.2) is 8.42 Å². The molecule has 0 saturated heterocycles. The van der Waals surface area contributed by atoms with Crippen LogP contribution in [0.25, 0.3) is 0 Å². The Hall–Kier alpha value is -2.74. The number of rotatable bonds is 2. The molecule has 0 saturated carbocycles. The van der Waals surface area contributed by atoms with Crippen molar-refractivity contribution in [1.82, 2.24) is 0 Å². The third kappa shape index (κ3) is 1.88. The molecular weight excluding hydrogens is 296 g/mol. The molecule has 2 aromatic rings. The van der Waals surface area contributed by atoms with E-state index in [1.807, 2.05) is 0 Å². The van der Waals surface area contributed by atoms with E-state index in [1.165, 1.54) is 12.1 Å². The van der Waals surface area contributed by atoms with E-state index < -0.39 is 20.9 Å². The Morgan fingerprint density at radius 1 is 1.05 bits per heavy atom. The normalized spacial score (nSPS) is 15.8. The number of hydrogen-bond donors (Lipinski definition) is 0. The van der Waals surface area contributed by atoms with E-state index in [4.69, 9.17) is 0 Å². The maximum atomic E-state index is 12.5. The lowest BCUT2D eigenvalue weighted by Gasteiger charge is -2.14. The minimum absolute atomic E-state index is 0.0653. The molecule has 1 aliphatic rings. The predicted molar refractivity (Wildman–Crippen MR) is 73.5 cm³/mol. The zero-order valence-electron chi connectivity index (χ0n) is 10.5. The minimum atomic E-state index is -4.13. The number of nitrogens with zero attached hydrogens (tertiary/aromatic N) is 2. The summed E-state index contributed by atoms with van der Waals surface area (Å²) in [6, 6.07) is 11.0. The molecule has 0 atom stereocenters. The van der Waals surface area contributed by atoms with Gasteiger partial charge in [-0.3, -0.25) is 14.9 Å². The van der Waals surface area contributed by atoms with Crippen molar-refractivity contribution >= 4 is 27.3 Å². The molecule has 0 N–H and O–H groups in total. The summed E-state index contributed by atoms with van der Waals surface area (Å²) >= 11 is 0. The number of sulfonamides is 1. The van der Waals surface area contributed by atoms with E-state index in [2.05, 4.69) is 0 Å². The molecular formula is C13H8N2O5S. The maximum absolute atomic E-state index is 12.5. The first-order valence-electron chi connectivity index (χ1n) is 5.86. The molecule has 1 amide bonds. The van der Waals surface area contributed by atoms with Gasteiger partial charge in [0.1, 0.15) is 4.90 Å². The summed E-state index contributed by atoms with van der Waals surface area (Å²) in [5.74, 6) is -0.717. The second kappa shape index (κ2) is 4.38. The number of amides is 1. The monoisotopic (exact) mass is 304 g/mol. The summed E-state index contributed by atoms with van der Waals surface area (Å²) in [6.07, 6.45) is 0. The maximum Gasteiger partial charge on any atom is 0.273 e. The molecule has 0 radical (unpaired) electrons. The van der Waals surface area contributed by atoms with E-state index in [0.717, 1.165) is 18.2 Å². The summed E-state index contributed by atoms with van der Waals surface area (Å²) in [7, 11) is -4.13. The van der Waals surface area contributed by atoms with Gasteiger partial charge < -0.3 is 0 Å². The van der Waals surface area contributed by atoms with Crippen LogP contribution in [0.2, 0.25) is 0 Å². The van der Waals surface area contributed by atoms with Gasteiger partial charge in [0.05, 0.1) is 16.2 Å². The number of nitro benzene ring substituents is 1. The zero-order valence-corrected chi connectivity index (χ0v) is 11.3. The first-order valence-corrected chi connectivity index (χ1v) is 7.30. The van der Waals surface area contributed by atoms with Gasteiger partial charge in [-0.05, 0) is 18.2 Å². The smallest absolute Gasteiger partial charge is 0.268 e. The van der Waals surface area contributed by atoms with Gasteiger partial charge in [-0.2, -0.15) is 4.31 Å². The molecule has 3 rings (SSSR count). The summed E-state index contributed by atoms with van der Waals surface area (Å²) < 4.78 is 25.6. The highest BCUT2D eigenvalue weighted by Crippen LogP contribution is 2.36. The van der Waals surface area contributed by atoms with Crippen LogP contribution in [0.5, 0.6) is 0 Å². The Labute approximate surface area is 119 Å². The fourth-order valence-corrected chi connectivity index (χ4v) is 3.77. The van der Waals surface area contributed by atoms with Gasteiger partial charge in [0.15, 0.2) is 0 Å². The number of para-hydroxylation sites is 1. The standard InChI is InChI=1S/C13H8N2O5S/c16-13-11-7-6-10(15(17)18)8-12(11)21(19,20)14(13)9-4-2-1-3-5-9/h1-8H. The second-order valence-corrected chi connectivity index (χ2v) is 6.10. The number of carbonyl (C=O) groups is 1. The molecule has 0 aliphatic carbocycles. The summed E-state index contributed by atoms with van der Waals surface area (Å²) in [6.45, 7) is 0. The summed E-state index contributed by atoms with van der Waals surface area (Å²) in [4.78, 5) is 22.0. The van der Waals surface area contributed by atoms with E-state index in [0.29, 0.717) is 4.31 Å². The van der Waals surface area contributed by atoms with Crippen molar-refractivity contribution in [2.75, 3.05) is 4.31 Å². The van der Waals surface area contributed by atoms with Crippen LogP contribution in [-0.2, 0) is 10.0 Å². The number of fused-ring (bicyclic) bond motifs is 1. The molecule has 0 bridgehead atoms. The Kier molecular flexibility index (Phi) is 2.77. The van der Waals surface area contributed by atoms with Gasteiger partial charge in [0.25, 0.3) is 21.6 Å². The van der Waals surface area contributed by atoms with Gasteiger partial charge in [-0.15, -0.1) is 0 Å². The Morgan fingerprint density at radius 3 is 2.33 bits per heavy atom. The average molecular weight is 304 g/mol. The lowest BCUT2D eigenvalue weighted by Crippen LogP contribution is -2.29. The highest BCUT2D eigenvalue weighted by Gasteiger charge is 2.43. The SMILES string of the molecule is O=C1c2ccc([N+](=O)[O-])cc2S(=O)(=O)N1c1ccccc1. The zero-order chi connectivity index (χ0) is 15.2. The quantitative estimate of drug-likeness (QED) is 0.624. The predicted octanol–water partition coefficient (Wildman–Crippen LogP) is 1.94. The van der Waals surface area contributed by atoms with Gasteiger partial charge in [-0.1, -0.05) is 18.2 Å². The molecule has 1 heterocycles. The number of non-ortho nitro benzene ring substituents is 1. The van der Waals surface area contributed by atoms with Crippen molar-refractivity contribution in [3.8, 4) is 0 Å². The van der Waals surface area contributed by atoms with E-state index in [1.54, 1.807) is 18.2 Å². The Balaban J connectivity index is 2.22. The van der Waals surface area contributed by atoms with Crippen LogP contribution >= 0.6 is 0 Å². The number of anilines is 1. The van der Waals surface area contributed by atoms with Crippen molar-refractivity contribution in [2.24, 2.45) is 0 Å². The molecule has 0 spiro atoms. The second-order valence-electron chi connectivity index (χ2n) is 4.35. The molecule has 8 heteroatoms. The van der Waals surface area contributed by atoms with Crippen LogP contribution < -0.4 is 4.31 Å². The lowest BCUT2D eigenvalue weighted by molar-refractivity contribution is -0.385. The molecule has 21 heavy (non-hydrogen) atoms. The topological polar surface area (TPSA) is 97.6 Å². The Morgan fingerprint density at radius 2 is 1.71 bits per heavy atom. The number of hydrogen-bond acceptors (Lipinski definition) is 5. The van der Waals surface area contributed by atoms with E-state index in [9.17, 15) is 23.3 Å². The van der Waals surface area contributed by atoms with Gasteiger partial charge >= 0.3 is 0 Å². The molecule has 7 nitrogen and oxygen atoms in total. The van der Waals surface area contributed by atoms with Gasteiger partial charge in [0, 0.05) is 12.1 Å². The fourth-order valence-electron chi connectivity index (χ4n) is 2.15. The van der Waals surface area contributed by atoms with Crippen LogP contribution in [0.15, 0.2) is 53.4 Å². The van der Waals surface area contributed by atoms with Crippen LogP contribution in [0.1, 0.15) is 10.4 Å². The molecule has 1 aliphatic heterocycles. The van der Waals surface area contributed by atoms with Crippen molar-refractivity contribution in [3.63, 3.8) is 0 Å². The first kappa shape index (κ1) is 13.3. The van der Waals surface area contributed by atoms with Crippen molar-refractivity contribution in [2.45, 2.75) is 4.90 Å². The highest BCUT2D eigenvalue weighted by atomic mass is 32.2. The number of carbonyl (C=O) groups excluding carboxylic acids is 1. The van der Waals surface area contributed by atoms with Crippen LogP contribution in [-0.4, -0.2) is 19.2 Å². The highest BCUT2D eigenvalue weighted by molar-refractivity contribution is 7.94. The first-order chi connectivity index (χ1) is 9.93. The minimum Gasteiger partial charge on any atom is -0.268 e. The number of benzene rings is 2. The van der Waals surface area contributed by atoms with E-state index in [-0.39, 0.29) is 21.8 Å². The number of nitro groups is 1. The Bertz CT molecular complexity index is 861. The van der Waals surface area contributed by atoms with Crippen molar-refractivity contribution in [1.29, 1.82) is 0 Å². The fraction of sp³-hybridized carbons (Fsp3) is 0. The molecule has 0 unspecified atom stereocenters. The molecule has 2 aromatic carbocycles. The third-order valence-electron chi connectivity index (χ3n) is 3.10. The van der Waals surface area contributed by atoms with Crippen LogP contribution in [0.3, 0.4) is 0 Å². The van der Waals surface area contributed by atoms with Crippen LogP contribution in [0.4, 0.5) is 11.4 Å². The average Bonchev–Trinajstić information content (AvgIpc) is 2.66. The lowest BCUT2D eigenvalue weighted by atomic mass is 10.2. The summed E-state index contributed by atoms with van der Waals surface area (Å²) in [5.41, 5.74) is -0.245. The van der Waals surface area contributed by atoms with Crippen molar-refractivity contribution < 1.29 is 18.1 Å². The molecule has 0 aromatic heterocycles. The summed E-state index contributed by atoms with van der Waals surface area (Å²) in [5, 5.41) is 10.8. The third-order valence-corrected chi connectivity index (χ3v) is 4.85. The largest absolute Gasteiger partial charge is 0.273 e. The van der Waals surface area contributed by atoms with E-state index >= 15 is 0 Å². The van der Waals surface area contributed by atoms with Crippen molar-refractivity contribution in [3.05, 3.63) is 64.2 Å². The molecule has 0 fully saturated rings. The van der Waals surface area contributed by atoms with Gasteiger partial charge in [0.2, 0.25) is 0 Å².